The number of carbonyl (C=O) groups excluding carboxylic acids is 2. The molecule has 0 fully saturated rings. The molecule has 3 aromatic rings. The molecule has 0 aliphatic rings. The van der Waals surface area contributed by atoms with Crippen molar-refractivity contribution in [1.82, 2.24) is 10.6 Å². The van der Waals surface area contributed by atoms with Crippen LogP contribution in [0.5, 0.6) is 5.75 Å². The first-order valence-corrected chi connectivity index (χ1v) is 13.0. The summed E-state index contributed by atoms with van der Waals surface area (Å²) in [7, 11) is 0. The van der Waals surface area contributed by atoms with Crippen molar-refractivity contribution in [3.05, 3.63) is 85.8 Å². The van der Waals surface area contributed by atoms with Gasteiger partial charge in [0, 0.05) is 30.6 Å². The SMILES string of the molecule is O=C(CCCCCNC(=O)c1ccc(O)c(-c2ccc(Cl)c(Cl)c2)c1)NCCc1ccc(Cl)c(Cl)c1. The molecule has 190 valence electrons. The summed E-state index contributed by atoms with van der Waals surface area (Å²) in [6.07, 6.45) is 3.40. The molecule has 0 aromatic heterocycles. The second kappa shape index (κ2) is 13.8. The minimum Gasteiger partial charge on any atom is -0.507 e. The first kappa shape index (κ1) is 28.1. The van der Waals surface area contributed by atoms with E-state index < -0.39 is 0 Å². The maximum atomic E-state index is 12.6. The second-order valence-electron chi connectivity index (χ2n) is 8.28. The summed E-state index contributed by atoms with van der Waals surface area (Å²) < 4.78 is 0. The maximum Gasteiger partial charge on any atom is 0.251 e. The molecule has 0 bridgehead atoms. The Kier molecular flexibility index (Phi) is 10.7. The number of benzene rings is 3. The molecule has 3 aromatic carbocycles. The molecule has 0 saturated carbocycles. The van der Waals surface area contributed by atoms with Crippen LogP contribution in [0.1, 0.15) is 41.6 Å². The van der Waals surface area contributed by atoms with Crippen molar-refractivity contribution in [3.8, 4) is 16.9 Å². The van der Waals surface area contributed by atoms with Gasteiger partial charge in [-0.2, -0.15) is 0 Å². The van der Waals surface area contributed by atoms with Gasteiger partial charge in [-0.25, -0.2) is 0 Å². The van der Waals surface area contributed by atoms with E-state index in [1.807, 2.05) is 6.07 Å². The standard InChI is InChI=1S/C27H26Cl4N2O3/c28-21-8-5-17(14-23(21)30)11-13-32-26(35)4-2-1-3-12-33-27(36)19-7-10-25(34)20(15-19)18-6-9-22(29)24(31)16-18/h5-10,14-16,34H,1-4,11-13H2,(H,32,35)(H,33,36). The van der Waals surface area contributed by atoms with Gasteiger partial charge in [0.05, 0.1) is 20.1 Å². The van der Waals surface area contributed by atoms with Crippen LogP contribution in [-0.4, -0.2) is 30.0 Å². The normalized spacial score (nSPS) is 10.8. The lowest BCUT2D eigenvalue weighted by Crippen LogP contribution is -2.26. The Balaban J connectivity index is 1.35. The van der Waals surface area contributed by atoms with Crippen molar-refractivity contribution in [2.24, 2.45) is 0 Å². The van der Waals surface area contributed by atoms with E-state index in [-0.39, 0.29) is 17.6 Å². The number of phenols is 1. The fourth-order valence-electron chi connectivity index (χ4n) is 3.59. The predicted octanol–water partition coefficient (Wildman–Crippen LogP) is 7.32. The molecule has 2 amide bonds. The largest absolute Gasteiger partial charge is 0.507 e. The summed E-state index contributed by atoms with van der Waals surface area (Å²) in [6.45, 7) is 1.02. The highest BCUT2D eigenvalue weighted by Crippen LogP contribution is 2.34. The van der Waals surface area contributed by atoms with E-state index in [0.29, 0.717) is 62.7 Å². The van der Waals surface area contributed by atoms with Gasteiger partial charge < -0.3 is 15.7 Å². The third kappa shape index (κ3) is 8.31. The fourth-order valence-corrected chi connectivity index (χ4v) is 4.21. The molecule has 0 heterocycles. The minimum atomic E-state index is -0.239. The van der Waals surface area contributed by atoms with E-state index in [1.54, 1.807) is 42.5 Å². The van der Waals surface area contributed by atoms with Gasteiger partial charge in [0.2, 0.25) is 5.91 Å². The van der Waals surface area contributed by atoms with Gasteiger partial charge in [-0.05, 0) is 72.9 Å². The Morgan fingerprint density at radius 2 is 1.44 bits per heavy atom. The third-order valence-corrected chi connectivity index (χ3v) is 7.05. The van der Waals surface area contributed by atoms with Crippen molar-refractivity contribution >= 4 is 58.2 Å². The van der Waals surface area contributed by atoms with E-state index in [1.165, 1.54) is 6.07 Å². The highest BCUT2D eigenvalue weighted by Gasteiger charge is 2.12. The smallest absolute Gasteiger partial charge is 0.251 e. The second-order valence-corrected chi connectivity index (χ2v) is 9.90. The lowest BCUT2D eigenvalue weighted by Gasteiger charge is -2.10. The number of aromatic hydroxyl groups is 1. The fraction of sp³-hybridized carbons (Fsp3) is 0.259. The molecule has 0 atom stereocenters. The number of unbranched alkanes of at least 4 members (excludes halogenated alkanes) is 2. The molecule has 36 heavy (non-hydrogen) atoms. The number of hydrogen-bond acceptors (Lipinski definition) is 3. The van der Waals surface area contributed by atoms with E-state index in [0.717, 1.165) is 24.8 Å². The number of halogens is 4. The summed E-state index contributed by atoms with van der Waals surface area (Å²) in [6, 6.07) is 15.1. The molecular formula is C27H26Cl4N2O3. The lowest BCUT2D eigenvalue weighted by molar-refractivity contribution is -0.121. The number of amides is 2. The summed E-state index contributed by atoms with van der Waals surface area (Å²) in [5.74, 6) is -0.199. The Labute approximate surface area is 230 Å². The minimum absolute atomic E-state index is 0.00183. The van der Waals surface area contributed by atoms with Crippen LogP contribution in [0.3, 0.4) is 0 Å². The van der Waals surface area contributed by atoms with Crippen LogP contribution >= 0.6 is 46.4 Å². The quantitative estimate of drug-likeness (QED) is 0.212. The average molecular weight is 568 g/mol. The molecule has 9 heteroatoms. The van der Waals surface area contributed by atoms with Crippen LogP contribution in [0.4, 0.5) is 0 Å². The molecule has 0 saturated heterocycles. The number of carbonyl (C=O) groups is 2. The summed E-state index contributed by atoms with van der Waals surface area (Å²) in [4.78, 5) is 24.6. The topological polar surface area (TPSA) is 78.4 Å². The van der Waals surface area contributed by atoms with Gasteiger partial charge in [0.15, 0.2) is 0 Å². The van der Waals surface area contributed by atoms with Crippen LogP contribution in [-0.2, 0) is 11.2 Å². The van der Waals surface area contributed by atoms with Crippen LogP contribution < -0.4 is 10.6 Å². The predicted molar refractivity (Wildman–Crippen MR) is 148 cm³/mol. The van der Waals surface area contributed by atoms with Crippen molar-refractivity contribution in [2.45, 2.75) is 32.1 Å². The zero-order valence-corrected chi connectivity index (χ0v) is 22.4. The van der Waals surface area contributed by atoms with Crippen LogP contribution in [0, 0.1) is 0 Å². The van der Waals surface area contributed by atoms with Crippen molar-refractivity contribution in [2.75, 3.05) is 13.1 Å². The Hall–Kier alpha value is -2.44. The molecule has 0 radical (unpaired) electrons. The van der Waals surface area contributed by atoms with Gasteiger partial charge in [-0.15, -0.1) is 0 Å². The van der Waals surface area contributed by atoms with Gasteiger partial charge >= 0.3 is 0 Å². The molecule has 0 aliphatic heterocycles. The number of nitrogens with one attached hydrogen (secondary N) is 2. The third-order valence-electron chi connectivity index (χ3n) is 5.58. The summed E-state index contributed by atoms with van der Waals surface area (Å²) in [5, 5.41) is 17.8. The molecule has 3 N–H and O–H groups in total. The van der Waals surface area contributed by atoms with Gasteiger partial charge in [-0.3, -0.25) is 9.59 Å². The Morgan fingerprint density at radius 1 is 0.722 bits per heavy atom. The van der Waals surface area contributed by atoms with Crippen LogP contribution in [0.25, 0.3) is 11.1 Å². The van der Waals surface area contributed by atoms with Crippen LogP contribution in [0.15, 0.2) is 54.6 Å². The van der Waals surface area contributed by atoms with E-state index >= 15 is 0 Å². The zero-order chi connectivity index (χ0) is 26.1. The van der Waals surface area contributed by atoms with Crippen molar-refractivity contribution in [1.29, 1.82) is 0 Å². The number of rotatable bonds is 11. The van der Waals surface area contributed by atoms with Gasteiger partial charge in [0.1, 0.15) is 5.75 Å². The first-order valence-electron chi connectivity index (χ1n) is 11.5. The maximum absolute atomic E-state index is 12.6. The molecule has 0 spiro atoms. The lowest BCUT2D eigenvalue weighted by atomic mass is 10.0. The molecular weight excluding hydrogens is 542 g/mol. The van der Waals surface area contributed by atoms with Crippen molar-refractivity contribution < 1.29 is 14.7 Å². The number of hydrogen-bond donors (Lipinski definition) is 3. The summed E-state index contributed by atoms with van der Waals surface area (Å²) in [5.41, 5.74) is 2.59. The summed E-state index contributed by atoms with van der Waals surface area (Å²) >= 11 is 24.0. The first-order chi connectivity index (χ1) is 17.2. The van der Waals surface area contributed by atoms with Crippen molar-refractivity contribution in [3.63, 3.8) is 0 Å². The average Bonchev–Trinajstić information content (AvgIpc) is 2.85. The highest BCUT2D eigenvalue weighted by molar-refractivity contribution is 6.42. The van der Waals surface area contributed by atoms with Gasteiger partial charge in [-0.1, -0.05) is 65.0 Å². The number of phenolic OH excluding ortho intramolecular Hbond substituents is 1. The molecule has 0 aliphatic carbocycles. The monoisotopic (exact) mass is 566 g/mol. The Morgan fingerprint density at radius 3 is 2.17 bits per heavy atom. The molecule has 5 nitrogen and oxygen atoms in total. The molecule has 0 unspecified atom stereocenters. The van der Waals surface area contributed by atoms with Crippen LogP contribution in [0.2, 0.25) is 20.1 Å². The van der Waals surface area contributed by atoms with Gasteiger partial charge in [0.25, 0.3) is 5.91 Å². The van der Waals surface area contributed by atoms with E-state index in [9.17, 15) is 14.7 Å². The highest BCUT2D eigenvalue weighted by atomic mass is 35.5. The van der Waals surface area contributed by atoms with E-state index in [4.69, 9.17) is 46.4 Å². The zero-order valence-electron chi connectivity index (χ0n) is 19.4. The molecule has 3 rings (SSSR count). The van der Waals surface area contributed by atoms with E-state index in [2.05, 4.69) is 10.6 Å². The Bertz CT molecular complexity index is 1230.